The normalized spacial score (nSPS) is 36.0. The van der Waals surface area contributed by atoms with E-state index in [0.29, 0.717) is 0 Å². The molecule has 1 saturated heterocycles. The molecule has 2 nitrogen and oxygen atoms in total. The Hall–Kier alpha value is 0.270. The van der Waals surface area contributed by atoms with Crippen molar-refractivity contribution in [3.05, 3.63) is 0 Å². The third-order valence-corrected chi connectivity index (χ3v) is 5.47. The molecule has 2 fully saturated rings. The molecule has 0 spiro atoms. The lowest BCUT2D eigenvalue weighted by Gasteiger charge is -2.39. The second-order valence-electron chi connectivity index (χ2n) is 5.20. The SMILES string of the molecule is CCCC1CCC(NC)C(SC2COC2)C1. The molecule has 1 saturated carbocycles. The molecular formula is C13H25NOS. The van der Waals surface area contributed by atoms with Crippen LogP contribution in [-0.4, -0.2) is 36.8 Å². The predicted octanol–water partition coefficient (Wildman–Crippen LogP) is 2.68. The molecule has 2 aliphatic rings. The lowest BCUT2D eigenvalue weighted by molar-refractivity contribution is 0.0450. The zero-order valence-electron chi connectivity index (χ0n) is 10.6. The first-order valence-electron chi connectivity index (χ1n) is 6.74. The fraction of sp³-hybridized carbons (Fsp3) is 1.00. The van der Waals surface area contributed by atoms with Crippen molar-refractivity contribution in [3.8, 4) is 0 Å². The Morgan fingerprint density at radius 2 is 2.12 bits per heavy atom. The zero-order chi connectivity index (χ0) is 11.4. The molecule has 1 N–H and O–H groups in total. The molecule has 1 aliphatic heterocycles. The van der Waals surface area contributed by atoms with Crippen molar-refractivity contribution in [1.82, 2.24) is 5.32 Å². The molecule has 3 unspecified atom stereocenters. The topological polar surface area (TPSA) is 21.3 Å². The lowest BCUT2D eigenvalue weighted by Crippen LogP contribution is -2.44. The minimum atomic E-state index is 0.735. The van der Waals surface area contributed by atoms with Crippen molar-refractivity contribution >= 4 is 11.8 Å². The summed E-state index contributed by atoms with van der Waals surface area (Å²) in [5, 5.41) is 5.11. The predicted molar refractivity (Wildman–Crippen MR) is 71.1 cm³/mol. The molecule has 0 aromatic heterocycles. The summed E-state index contributed by atoms with van der Waals surface area (Å²) in [6, 6.07) is 0.735. The van der Waals surface area contributed by atoms with Crippen molar-refractivity contribution < 1.29 is 4.74 Å². The van der Waals surface area contributed by atoms with E-state index in [1.54, 1.807) is 0 Å². The van der Waals surface area contributed by atoms with Crippen LogP contribution in [0.3, 0.4) is 0 Å². The Kier molecular flexibility index (Phi) is 4.98. The van der Waals surface area contributed by atoms with Crippen LogP contribution in [0.1, 0.15) is 39.0 Å². The van der Waals surface area contributed by atoms with Gasteiger partial charge in [0.05, 0.1) is 18.5 Å². The van der Waals surface area contributed by atoms with Gasteiger partial charge in [0.1, 0.15) is 0 Å². The van der Waals surface area contributed by atoms with Gasteiger partial charge in [-0.05, 0) is 32.2 Å². The molecule has 0 radical (unpaired) electrons. The van der Waals surface area contributed by atoms with Crippen LogP contribution >= 0.6 is 11.8 Å². The average Bonchev–Trinajstić information content (AvgIpc) is 2.24. The number of rotatable bonds is 5. The summed E-state index contributed by atoms with van der Waals surface area (Å²) < 4.78 is 5.28. The van der Waals surface area contributed by atoms with Crippen LogP contribution in [0.15, 0.2) is 0 Å². The molecule has 0 bridgehead atoms. The van der Waals surface area contributed by atoms with Crippen LogP contribution in [0.5, 0.6) is 0 Å². The van der Waals surface area contributed by atoms with Crippen LogP contribution in [0.25, 0.3) is 0 Å². The molecule has 0 aromatic carbocycles. The van der Waals surface area contributed by atoms with E-state index in [0.717, 1.165) is 35.7 Å². The number of thioether (sulfide) groups is 1. The first kappa shape index (κ1) is 12.7. The maximum absolute atomic E-state index is 5.28. The smallest absolute Gasteiger partial charge is 0.0608 e. The van der Waals surface area contributed by atoms with E-state index >= 15 is 0 Å². The summed E-state index contributed by atoms with van der Waals surface area (Å²) in [6.45, 7) is 4.28. The summed E-state index contributed by atoms with van der Waals surface area (Å²) in [5.41, 5.74) is 0. The minimum Gasteiger partial charge on any atom is -0.379 e. The highest BCUT2D eigenvalue weighted by molar-refractivity contribution is 8.00. The molecule has 0 amide bonds. The summed E-state index contributed by atoms with van der Waals surface area (Å²) in [6.07, 6.45) is 6.98. The van der Waals surface area contributed by atoms with Crippen molar-refractivity contribution in [1.29, 1.82) is 0 Å². The highest BCUT2D eigenvalue weighted by Crippen LogP contribution is 2.37. The largest absolute Gasteiger partial charge is 0.379 e. The summed E-state index contributed by atoms with van der Waals surface area (Å²) in [4.78, 5) is 0. The van der Waals surface area contributed by atoms with Gasteiger partial charge in [-0.2, -0.15) is 0 Å². The van der Waals surface area contributed by atoms with Gasteiger partial charge in [0.25, 0.3) is 0 Å². The lowest BCUT2D eigenvalue weighted by atomic mass is 9.83. The minimum absolute atomic E-state index is 0.735. The maximum Gasteiger partial charge on any atom is 0.0608 e. The molecule has 1 aliphatic carbocycles. The molecule has 0 aromatic rings. The molecule has 1 heterocycles. The van der Waals surface area contributed by atoms with E-state index in [1.807, 2.05) is 0 Å². The summed E-state index contributed by atoms with van der Waals surface area (Å²) in [5.74, 6) is 0.980. The molecule has 16 heavy (non-hydrogen) atoms. The fourth-order valence-corrected chi connectivity index (χ4v) is 4.59. The molecular weight excluding hydrogens is 218 g/mol. The van der Waals surface area contributed by atoms with E-state index in [2.05, 4.69) is 31.1 Å². The van der Waals surface area contributed by atoms with Crippen LogP contribution in [0.2, 0.25) is 0 Å². The third-order valence-electron chi connectivity index (χ3n) is 3.94. The summed E-state index contributed by atoms with van der Waals surface area (Å²) in [7, 11) is 2.12. The summed E-state index contributed by atoms with van der Waals surface area (Å²) >= 11 is 2.18. The van der Waals surface area contributed by atoms with E-state index in [1.165, 1.54) is 32.1 Å². The van der Waals surface area contributed by atoms with Gasteiger partial charge in [-0.25, -0.2) is 0 Å². The van der Waals surface area contributed by atoms with E-state index in [9.17, 15) is 0 Å². The van der Waals surface area contributed by atoms with Gasteiger partial charge in [-0.3, -0.25) is 0 Å². The van der Waals surface area contributed by atoms with Gasteiger partial charge in [0.2, 0.25) is 0 Å². The number of hydrogen-bond donors (Lipinski definition) is 1. The zero-order valence-corrected chi connectivity index (χ0v) is 11.4. The Labute approximate surface area is 104 Å². The monoisotopic (exact) mass is 243 g/mol. The van der Waals surface area contributed by atoms with Crippen molar-refractivity contribution in [3.63, 3.8) is 0 Å². The third kappa shape index (κ3) is 3.14. The second-order valence-corrected chi connectivity index (χ2v) is 6.74. The second kappa shape index (κ2) is 6.27. The van der Waals surface area contributed by atoms with Gasteiger partial charge < -0.3 is 10.1 Å². The first-order valence-corrected chi connectivity index (χ1v) is 7.68. The van der Waals surface area contributed by atoms with Gasteiger partial charge in [0.15, 0.2) is 0 Å². The maximum atomic E-state index is 5.28. The Bertz CT molecular complexity index is 208. The standard InChI is InChI=1S/C13H25NOS/c1-3-4-10-5-6-12(14-2)13(7-10)16-11-8-15-9-11/h10-14H,3-9H2,1-2H3. The van der Waals surface area contributed by atoms with Crippen LogP contribution in [-0.2, 0) is 4.74 Å². The number of ether oxygens (including phenoxy) is 1. The number of nitrogens with one attached hydrogen (secondary N) is 1. The number of hydrogen-bond acceptors (Lipinski definition) is 3. The molecule has 3 atom stereocenters. The van der Waals surface area contributed by atoms with Crippen molar-refractivity contribution in [2.45, 2.75) is 55.6 Å². The van der Waals surface area contributed by atoms with Crippen molar-refractivity contribution in [2.75, 3.05) is 20.3 Å². The van der Waals surface area contributed by atoms with E-state index in [-0.39, 0.29) is 0 Å². The van der Waals surface area contributed by atoms with Crippen LogP contribution < -0.4 is 5.32 Å². The van der Waals surface area contributed by atoms with Gasteiger partial charge >= 0.3 is 0 Å². The van der Waals surface area contributed by atoms with Gasteiger partial charge in [-0.1, -0.05) is 19.8 Å². The van der Waals surface area contributed by atoms with E-state index in [4.69, 9.17) is 4.74 Å². The average molecular weight is 243 g/mol. The van der Waals surface area contributed by atoms with Gasteiger partial charge in [0, 0.05) is 11.3 Å². The van der Waals surface area contributed by atoms with Crippen LogP contribution in [0, 0.1) is 5.92 Å². The highest BCUT2D eigenvalue weighted by atomic mass is 32.2. The molecule has 3 heteroatoms. The van der Waals surface area contributed by atoms with Crippen molar-refractivity contribution in [2.24, 2.45) is 5.92 Å². The Morgan fingerprint density at radius 1 is 1.31 bits per heavy atom. The molecule has 2 rings (SSSR count). The van der Waals surface area contributed by atoms with Gasteiger partial charge in [-0.15, -0.1) is 11.8 Å². The quantitative estimate of drug-likeness (QED) is 0.802. The van der Waals surface area contributed by atoms with E-state index < -0.39 is 0 Å². The highest BCUT2D eigenvalue weighted by Gasteiger charge is 2.33. The Morgan fingerprint density at radius 3 is 2.69 bits per heavy atom. The van der Waals surface area contributed by atoms with Crippen LogP contribution in [0.4, 0.5) is 0 Å². The Balaban J connectivity index is 1.83. The first-order chi connectivity index (χ1) is 7.83. The fourth-order valence-electron chi connectivity index (χ4n) is 2.90. The molecule has 94 valence electrons.